The van der Waals surface area contributed by atoms with E-state index in [0.29, 0.717) is 38.8 Å². The van der Waals surface area contributed by atoms with Gasteiger partial charge in [0.05, 0.1) is 36.7 Å². The molecule has 178 valence electrons. The van der Waals surface area contributed by atoms with Gasteiger partial charge in [0.15, 0.2) is 0 Å². The van der Waals surface area contributed by atoms with Crippen LogP contribution in [0.3, 0.4) is 0 Å². The molecule has 2 N–H and O–H groups in total. The molecule has 2 aromatic heterocycles. The minimum atomic E-state index is -3.24. The van der Waals surface area contributed by atoms with Crippen LogP contribution in [0.15, 0.2) is 12.4 Å². The zero-order chi connectivity index (χ0) is 23.4. The zero-order valence-corrected chi connectivity index (χ0v) is 20.0. The first kappa shape index (κ1) is 22.2. The molecule has 0 amide bonds. The van der Waals surface area contributed by atoms with E-state index in [2.05, 4.69) is 33.6 Å². The fourth-order valence-corrected chi connectivity index (χ4v) is 5.96. The van der Waals surface area contributed by atoms with Gasteiger partial charge in [0.25, 0.3) is 0 Å². The second kappa shape index (κ2) is 8.03. The molecule has 0 aromatic carbocycles. The number of nitrogen functional groups attached to an aromatic ring is 1. The Bertz CT molecular complexity index is 1160. The van der Waals surface area contributed by atoms with Crippen molar-refractivity contribution in [3.8, 4) is 11.3 Å². The lowest BCUT2D eigenvalue weighted by Crippen LogP contribution is -2.49. The lowest BCUT2D eigenvalue weighted by Gasteiger charge is -2.38. The van der Waals surface area contributed by atoms with Crippen molar-refractivity contribution in [3.05, 3.63) is 18.0 Å². The van der Waals surface area contributed by atoms with E-state index in [1.165, 1.54) is 6.26 Å². The van der Waals surface area contributed by atoms with Crippen LogP contribution in [0.4, 0.5) is 17.7 Å². The summed E-state index contributed by atoms with van der Waals surface area (Å²) < 4.78 is 31.5. The van der Waals surface area contributed by atoms with E-state index in [-0.39, 0.29) is 17.5 Å². The molecule has 11 nitrogen and oxygen atoms in total. The average molecular weight is 475 g/mol. The van der Waals surface area contributed by atoms with Crippen molar-refractivity contribution in [1.29, 1.82) is 0 Å². The molecule has 5 rings (SSSR count). The van der Waals surface area contributed by atoms with E-state index in [0.717, 1.165) is 42.0 Å². The fraction of sp³-hybridized carbons (Fsp3) is 0.619. The highest BCUT2D eigenvalue weighted by molar-refractivity contribution is 7.88. The number of sulfonamides is 1. The van der Waals surface area contributed by atoms with Gasteiger partial charge in [0.2, 0.25) is 21.9 Å². The Morgan fingerprint density at radius 2 is 1.94 bits per heavy atom. The first-order chi connectivity index (χ1) is 15.7. The van der Waals surface area contributed by atoms with Crippen molar-refractivity contribution in [2.75, 3.05) is 61.2 Å². The van der Waals surface area contributed by atoms with Crippen LogP contribution in [-0.4, -0.2) is 89.9 Å². The first-order valence-corrected chi connectivity index (χ1v) is 13.1. The number of hydrogen-bond acceptors (Lipinski definition) is 10. The van der Waals surface area contributed by atoms with Crippen molar-refractivity contribution in [2.24, 2.45) is 0 Å². The third-order valence-corrected chi connectivity index (χ3v) is 8.17. The van der Waals surface area contributed by atoms with Crippen LogP contribution in [0.25, 0.3) is 11.3 Å². The van der Waals surface area contributed by atoms with Gasteiger partial charge in [-0.3, -0.25) is 0 Å². The normalized spacial score (nSPS) is 26.1. The quantitative estimate of drug-likeness (QED) is 0.669. The van der Waals surface area contributed by atoms with Crippen molar-refractivity contribution < 1.29 is 13.2 Å². The van der Waals surface area contributed by atoms with Crippen molar-refractivity contribution in [2.45, 2.75) is 38.3 Å². The van der Waals surface area contributed by atoms with Gasteiger partial charge >= 0.3 is 0 Å². The maximum atomic E-state index is 12.2. The molecule has 3 aliphatic rings. The van der Waals surface area contributed by atoms with Crippen molar-refractivity contribution in [3.63, 3.8) is 0 Å². The summed E-state index contributed by atoms with van der Waals surface area (Å²) in [5.41, 5.74) is 8.00. The monoisotopic (exact) mass is 474 g/mol. The molecule has 0 bridgehead atoms. The number of rotatable bonds is 4. The predicted octanol–water partition coefficient (Wildman–Crippen LogP) is 0.527. The zero-order valence-electron chi connectivity index (χ0n) is 19.2. The van der Waals surface area contributed by atoms with E-state index in [1.807, 2.05) is 0 Å². The number of fused-ring (bicyclic) bond motifs is 1. The molecule has 0 aliphatic carbocycles. The van der Waals surface area contributed by atoms with E-state index in [9.17, 15) is 8.42 Å². The summed E-state index contributed by atoms with van der Waals surface area (Å²) in [4.78, 5) is 22.8. The fourth-order valence-electron chi connectivity index (χ4n) is 5.03. The van der Waals surface area contributed by atoms with Crippen LogP contribution in [0.2, 0.25) is 0 Å². The van der Waals surface area contributed by atoms with Crippen LogP contribution in [-0.2, 0) is 21.2 Å². The molecule has 2 aromatic rings. The summed E-state index contributed by atoms with van der Waals surface area (Å²) in [6.07, 6.45) is 6.18. The highest BCUT2D eigenvalue weighted by Gasteiger charge is 2.45. The topological polar surface area (TPSA) is 131 Å². The van der Waals surface area contributed by atoms with E-state index in [1.54, 1.807) is 16.7 Å². The van der Waals surface area contributed by atoms with Crippen molar-refractivity contribution in [1.82, 2.24) is 24.2 Å². The molecular formula is C21H30N8O3S. The minimum Gasteiger partial charge on any atom is -0.377 e. The number of nitrogens with two attached hydrogens (primary N) is 1. The molecule has 2 saturated heterocycles. The molecule has 0 spiro atoms. The summed E-state index contributed by atoms with van der Waals surface area (Å²) in [5, 5.41) is 0. The minimum absolute atomic E-state index is 0.143. The maximum Gasteiger partial charge on any atom is 0.228 e. The Labute approximate surface area is 194 Å². The van der Waals surface area contributed by atoms with Gasteiger partial charge < -0.3 is 20.3 Å². The summed E-state index contributed by atoms with van der Waals surface area (Å²) in [7, 11) is -3.24. The molecule has 33 heavy (non-hydrogen) atoms. The number of aromatic nitrogens is 4. The molecular weight excluding hydrogens is 444 g/mol. The number of hydrogen-bond donors (Lipinski definition) is 1. The van der Waals surface area contributed by atoms with Crippen LogP contribution >= 0.6 is 0 Å². The van der Waals surface area contributed by atoms with Gasteiger partial charge in [-0.25, -0.2) is 23.4 Å². The number of ether oxygens (including phenoxy) is 1. The maximum absolute atomic E-state index is 12.2. The van der Waals surface area contributed by atoms with Gasteiger partial charge in [0, 0.05) is 49.7 Å². The highest BCUT2D eigenvalue weighted by Crippen LogP contribution is 2.42. The molecule has 0 radical (unpaired) electrons. The van der Waals surface area contributed by atoms with E-state index >= 15 is 0 Å². The van der Waals surface area contributed by atoms with Gasteiger partial charge in [-0.1, -0.05) is 0 Å². The molecule has 2 unspecified atom stereocenters. The molecule has 5 heterocycles. The summed E-state index contributed by atoms with van der Waals surface area (Å²) >= 11 is 0. The lowest BCUT2D eigenvalue weighted by molar-refractivity contribution is 0.0981. The Morgan fingerprint density at radius 1 is 1.18 bits per heavy atom. The smallest absolute Gasteiger partial charge is 0.228 e. The third-order valence-electron chi connectivity index (χ3n) is 6.92. The Hall–Kier alpha value is -2.57. The number of anilines is 3. The molecule has 12 heteroatoms. The summed E-state index contributed by atoms with van der Waals surface area (Å²) in [6.45, 7) is 7.87. The summed E-state index contributed by atoms with van der Waals surface area (Å²) in [5.74, 6) is 1.72. The number of morpholine rings is 1. The molecule has 0 saturated carbocycles. The Morgan fingerprint density at radius 3 is 2.61 bits per heavy atom. The Kier molecular flexibility index (Phi) is 5.41. The predicted molar refractivity (Wildman–Crippen MR) is 126 cm³/mol. The van der Waals surface area contributed by atoms with Gasteiger partial charge in [-0.2, -0.15) is 9.29 Å². The second-order valence-electron chi connectivity index (χ2n) is 9.37. The molecule has 2 atom stereocenters. The lowest BCUT2D eigenvalue weighted by atomic mass is 9.99. The van der Waals surface area contributed by atoms with Gasteiger partial charge in [-0.15, -0.1) is 0 Å². The van der Waals surface area contributed by atoms with Gasteiger partial charge in [0.1, 0.15) is 5.82 Å². The van der Waals surface area contributed by atoms with Gasteiger partial charge in [-0.05, 0) is 26.7 Å². The van der Waals surface area contributed by atoms with Crippen LogP contribution in [0.1, 0.15) is 25.8 Å². The van der Waals surface area contributed by atoms with Crippen LogP contribution in [0, 0.1) is 0 Å². The second-order valence-corrected chi connectivity index (χ2v) is 11.3. The average Bonchev–Trinajstić information content (AvgIpc) is 3.39. The van der Waals surface area contributed by atoms with Crippen LogP contribution in [0.5, 0.6) is 0 Å². The molecule has 2 fully saturated rings. The SMILES string of the molecule is CC1COCCN1c1nc(-c2cnc(N)nc2)c2c(n1)N(C1(C)CCN(S(C)(=O)=O)C1)CC2. The van der Waals surface area contributed by atoms with Crippen LogP contribution < -0.4 is 15.5 Å². The largest absolute Gasteiger partial charge is 0.377 e. The van der Waals surface area contributed by atoms with Crippen molar-refractivity contribution >= 4 is 27.7 Å². The van der Waals surface area contributed by atoms with E-state index in [4.69, 9.17) is 20.4 Å². The standard InChI is InChI=1S/C21H30N8O3S/c1-14-12-32-9-8-28(14)20-25-17(15-10-23-19(22)24-11-15)16-4-6-29(18(16)26-20)21(2)5-7-27(13-21)33(3,30)31/h10-11,14H,4-9,12-13H2,1-3H3,(H2,22,23,24). The Balaban J connectivity index is 1.60. The first-order valence-electron chi connectivity index (χ1n) is 11.2. The summed E-state index contributed by atoms with van der Waals surface area (Å²) in [6, 6.07) is 0.143. The highest BCUT2D eigenvalue weighted by atomic mass is 32.2. The molecule has 3 aliphatic heterocycles. The third kappa shape index (κ3) is 4.00. The van der Waals surface area contributed by atoms with E-state index < -0.39 is 10.0 Å². The number of nitrogens with zero attached hydrogens (tertiary/aromatic N) is 7.